The number of hydrogen-bond acceptors (Lipinski definition) is 3. The number of benzene rings is 2. The Balaban J connectivity index is 2.19. The average molecular weight is 277 g/mol. The number of aromatic carboxylic acids is 1. The molecule has 2 aromatic carbocycles. The fourth-order valence-electron chi connectivity index (χ4n) is 1.74. The monoisotopic (exact) mass is 276 g/mol. The van der Waals surface area contributed by atoms with Gasteiger partial charge in [-0.15, -0.1) is 0 Å². The zero-order valence-electron chi connectivity index (χ0n) is 10.1. The van der Waals surface area contributed by atoms with Crippen molar-refractivity contribution in [2.24, 2.45) is 0 Å². The van der Waals surface area contributed by atoms with Crippen molar-refractivity contribution in [3.8, 4) is 0 Å². The van der Waals surface area contributed by atoms with Crippen molar-refractivity contribution in [3.05, 3.63) is 58.6 Å². The molecule has 19 heavy (non-hydrogen) atoms. The molecule has 2 rings (SSSR count). The Morgan fingerprint density at radius 3 is 2.53 bits per heavy atom. The van der Waals surface area contributed by atoms with Gasteiger partial charge < -0.3 is 16.2 Å². The molecule has 98 valence electrons. The molecule has 0 aromatic heterocycles. The molecule has 0 aliphatic heterocycles. The number of rotatable bonds is 4. The first-order valence-electron chi connectivity index (χ1n) is 5.68. The van der Waals surface area contributed by atoms with Crippen LogP contribution in [0.2, 0.25) is 5.02 Å². The van der Waals surface area contributed by atoms with Crippen LogP contribution in [0.25, 0.3) is 0 Å². The molecule has 2 aromatic rings. The molecule has 0 spiro atoms. The normalized spacial score (nSPS) is 10.2. The third-order valence-electron chi connectivity index (χ3n) is 2.71. The van der Waals surface area contributed by atoms with Crippen molar-refractivity contribution in [2.45, 2.75) is 6.54 Å². The van der Waals surface area contributed by atoms with E-state index in [0.717, 1.165) is 5.56 Å². The summed E-state index contributed by atoms with van der Waals surface area (Å²) in [6, 6.07) is 12.1. The fourth-order valence-corrected chi connectivity index (χ4v) is 1.86. The van der Waals surface area contributed by atoms with Gasteiger partial charge in [0.05, 0.1) is 16.9 Å². The number of anilines is 2. The summed E-state index contributed by atoms with van der Waals surface area (Å²) in [6.45, 7) is 0.478. The molecule has 0 radical (unpaired) electrons. The zero-order chi connectivity index (χ0) is 13.8. The van der Waals surface area contributed by atoms with Gasteiger partial charge in [0.25, 0.3) is 0 Å². The summed E-state index contributed by atoms with van der Waals surface area (Å²) in [5.74, 6) is -1.01. The first-order valence-corrected chi connectivity index (χ1v) is 6.06. The summed E-state index contributed by atoms with van der Waals surface area (Å²) >= 11 is 5.80. The highest BCUT2D eigenvalue weighted by Gasteiger charge is 2.11. The summed E-state index contributed by atoms with van der Waals surface area (Å²) < 4.78 is 0. The summed E-state index contributed by atoms with van der Waals surface area (Å²) in [5, 5.41) is 12.8. The number of nitrogens with two attached hydrogens (primary N) is 1. The van der Waals surface area contributed by atoms with E-state index in [1.165, 1.54) is 6.07 Å². The molecule has 0 saturated heterocycles. The Morgan fingerprint density at radius 1 is 1.21 bits per heavy atom. The van der Waals surface area contributed by atoms with Gasteiger partial charge in [0.15, 0.2) is 0 Å². The lowest BCUT2D eigenvalue weighted by Crippen LogP contribution is -2.08. The molecule has 0 atom stereocenters. The van der Waals surface area contributed by atoms with Crippen LogP contribution < -0.4 is 11.1 Å². The summed E-state index contributed by atoms with van der Waals surface area (Å²) in [6.07, 6.45) is 0. The van der Waals surface area contributed by atoms with E-state index >= 15 is 0 Å². The molecule has 4 N–H and O–H groups in total. The van der Waals surface area contributed by atoms with Crippen molar-refractivity contribution in [3.63, 3.8) is 0 Å². The van der Waals surface area contributed by atoms with Crippen LogP contribution in [0.4, 0.5) is 11.4 Å². The van der Waals surface area contributed by atoms with E-state index in [-0.39, 0.29) is 5.56 Å². The SMILES string of the molecule is Nc1cccc(C(=O)O)c1NCc1ccc(Cl)cc1. The van der Waals surface area contributed by atoms with Crippen molar-refractivity contribution < 1.29 is 9.90 Å². The third kappa shape index (κ3) is 3.17. The Hall–Kier alpha value is -2.20. The molecule has 0 fully saturated rings. The number of carboxylic acid groups (broad SMARTS) is 1. The molecule has 0 heterocycles. The van der Waals surface area contributed by atoms with Crippen LogP contribution >= 0.6 is 11.6 Å². The number of halogens is 1. The van der Waals surface area contributed by atoms with Gasteiger partial charge >= 0.3 is 5.97 Å². The van der Waals surface area contributed by atoms with Crippen molar-refractivity contribution >= 4 is 28.9 Å². The van der Waals surface area contributed by atoms with Gasteiger partial charge in [-0.3, -0.25) is 0 Å². The van der Waals surface area contributed by atoms with Crippen molar-refractivity contribution in [1.82, 2.24) is 0 Å². The van der Waals surface area contributed by atoms with E-state index < -0.39 is 5.97 Å². The van der Waals surface area contributed by atoms with E-state index in [4.69, 9.17) is 22.4 Å². The van der Waals surface area contributed by atoms with E-state index in [2.05, 4.69) is 5.32 Å². The Labute approximate surface area is 115 Å². The maximum atomic E-state index is 11.1. The quantitative estimate of drug-likeness (QED) is 0.750. The van der Waals surface area contributed by atoms with Crippen LogP contribution in [0.1, 0.15) is 15.9 Å². The van der Waals surface area contributed by atoms with Gasteiger partial charge in [-0.05, 0) is 29.8 Å². The first-order chi connectivity index (χ1) is 9.08. The van der Waals surface area contributed by atoms with Crippen LogP contribution in [0.3, 0.4) is 0 Å². The molecule has 0 bridgehead atoms. The summed E-state index contributed by atoms with van der Waals surface area (Å²) in [4.78, 5) is 11.1. The van der Waals surface area contributed by atoms with Crippen LogP contribution in [-0.4, -0.2) is 11.1 Å². The second-order valence-electron chi connectivity index (χ2n) is 4.05. The third-order valence-corrected chi connectivity index (χ3v) is 2.96. The van der Waals surface area contributed by atoms with Crippen molar-refractivity contribution in [1.29, 1.82) is 0 Å². The number of carbonyl (C=O) groups is 1. The minimum atomic E-state index is -1.01. The van der Waals surface area contributed by atoms with E-state index in [1.54, 1.807) is 24.3 Å². The summed E-state index contributed by atoms with van der Waals surface area (Å²) in [7, 11) is 0. The van der Waals surface area contributed by atoms with Crippen LogP contribution in [0.15, 0.2) is 42.5 Å². The highest BCUT2D eigenvalue weighted by atomic mass is 35.5. The maximum Gasteiger partial charge on any atom is 0.337 e. The molecule has 0 saturated carbocycles. The highest BCUT2D eigenvalue weighted by molar-refractivity contribution is 6.30. The second kappa shape index (κ2) is 5.63. The second-order valence-corrected chi connectivity index (χ2v) is 4.49. The Bertz CT molecular complexity index is 597. The minimum absolute atomic E-state index is 0.161. The molecule has 0 aliphatic rings. The average Bonchev–Trinajstić information content (AvgIpc) is 2.39. The topological polar surface area (TPSA) is 75.4 Å². The van der Waals surface area contributed by atoms with Gasteiger partial charge in [0, 0.05) is 11.6 Å². The zero-order valence-corrected chi connectivity index (χ0v) is 10.8. The fraction of sp³-hybridized carbons (Fsp3) is 0.0714. The lowest BCUT2D eigenvalue weighted by molar-refractivity contribution is 0.0698. The molecular weight excluding hydrogens is 264 g/mol. The standard InChI is InChI=1S/C14H13ClN2O2/c15-10-6-4-9(5-7-10)8-17-13-11(14(18)19)2-1-3-12(13)16/h1-7,17H,8,16H2,(H,18,19). The van der Waals surface area contributed by atoms with Crippen LogP contribution in [0.5, 0.6) is 0 Å². The maximum absolute atomic E-state index is 11.1. The summed E-state index contributed by atoms with van der Waals surface area (Å²) in [5.41, 5.74) is 7.80. The lowest BCUT2D eigenvalue weighted by Gasteiger charge is -2.12. The molecule has 0 unspecified atom stereocenters. The van der Waals surface area contributed by atoms with E-state index in [9.17, 15) is 4.79 Å². The van der Waals surface area contributed by atoms with E-state index in [1.807, 2.05) is 12.1 Å². The van der Waals surface area contributed by atoms with Crippen LogP contribution in [-0.2, 0) is 6.54 Å². The minimum Gasteiger partial charge on any atom is -0.478 e. The number of nitrogen functional groups attached to an aromatic ring is 1. The van der Waals surface area contributed by atoms with Gasteiger partial charge in [-0.1, -0.05) is 29.8 Å². The van der Waals surface area contributed by atoms with Gasteiger partial charge in [0.2, 0.25) is 0 Å². The van der Waals surface area contributed by atoms with Gasteiger partial charge in [0.1, 0.15) is 0 Å². The molecule has 4 nitrogen and oxygen atoms in total. The molecule has 0 amide bonds. The highest BCUT2D eigenvalue weighted by Crippen LogP contribution is 2.24. The number of para-hydroxylation sites is 1. The molecule has 5 heteroatoms. The Morgan fingerprint density at radius 2 is 1.89 bits per heavy atom. The number of hydrogen-bond donors (Lipinski definition) is 3. The van der Waals surface area contributed by atoms with Crippen molar-refractivity contribution in [2.75, 3.05) is 11.1 Å². The van der Waals surface area contributed by atoms with E-state index in [0.29, 0.717) is 22.9 Å². The largest absolute Gasteiger partial charge is 0.478 e. The number of carboxylic acids is 1. The molecular formula is C14H13ClN2O2. The van der Waals surface area contributed by atoms with Crippen LogP contribution in [0, 0.1) is 0 Å². The molecule has 0 aliphatic carbocycles. The lowest BCUT2D eigenvalue weighted by atomic mass is 10.1. The predicted octanol–water partition coefficient (Wildman–Crippen LogP) is 3.23. The van der Waals surface area contributed by atoms with Gasteiger partial charge in [-0.25, -0.2) is 4.79 Å². The van der Waals surface area contributed by atoms with Gasteiger partial charge in [-0.2, -0.15) is 0 Å². The first kappa shape index (κ1) is 13.2. The predicted molar refractivity (Wildman–Crippen MR) is 76.6 cm³/mol. The smallest absolute Gasteiger partial charge is 0.337 e. The number of nitrogens with one attached hydrogen (secondary N) is 1. The Kier molecular flexibility index (Phi) is 3.92.